The summed E-state index contributed by atoms with van der Waals surface area (Å²) < 4.78 is 27.1. The Morgan fingerprint density at radius 3 is 2.47 bits per heavy atom. The van der Waals surface area contributed by atoms with E-state index in [4.69, 9.17) is 0 Å². The van der Waals surface area contributed by atoms with Gasteiger partial charge in [-0.2, -0.15) is 0 Å². The molecule has 1 aromatic carbocycles. The van der Waals surface area contributed by atoms with Gasteiger partial charge in [0.25, 0.3) is 0 Å². The second-order valence-electron chi connectivity index (χ2n) is 5.29. The van der Waals surface area contributed by atoms with Gasteiger partial charge >= 0.3 is 0 Å². The van der Waals surface area contributed by atoms with E-state index < -0.39 is 17.0 Å². The van der Waals surface area contributed by atoms with Crippen molar-refractivity contribution in [2.75, 3.05) is 18.4 Å². The molecule has 104 valence electrons. The standard InChI is InChI=1S/C14H18F2N2O/c1-9(2)14(6-7-17-8-14)13(19)18-12-10(15)4-3-5-11(12)16/h3-5,9,17H,6-8H2,1-2H3,(H,18,19). The van der Waals surface area contributed by atoms with E-state index in [1.807, 2.05) is 13.8 Å². The number of anilines is 1. The lowest BCUT2D eigenvalue weighted by atomic mass is 9.75. The topological polar surface area (TPSA) is 41.1 Å². The maximum Gasteiger partial charge on any atom is 0.232 e. The quantitative estimate of drug-likeness (QED) is 0.884. The van der Waals surface area contributed by atoms with Crippen molar-refractivity contribution in [1.82, 2.24) is 5.32 Å². The van der Waals surface area contributed by atoms with Crippen LogP contribution in [0.25, 0.3) is 0 Å². The van der Waals surface area contributed by atoms with Crippen molar-refractivity contribution >= 4 is 11.6 Å². The SMILES string of the molecule is CC(C)C1(C(=O)Nc2c(F)cccc2F)CCNC1. The summed E-state index contributed by atoms with van der Waals surface area (Å²) >= 11 is 0. The fourth-order valence-corrected chi connectivity index (χ4v) is 2.52. The number of para-hydroxylation sites is 1. The molecule has 1 aromatic rings. The monoisotopic (exact) mass is 268 g/mol. The lowest BCUT2D eigenvalue weighted by Crippen LogP contribution is -2.42. The molecule has 0 aliphatic carbocycles. The van der Waals surface area contributed by atoms with Gasteiger partial charge in [-0.15, -0.1) is 0 Å². The summed E-state index contributed by atoms with van der Waals surface area (Å²) in [6.45, 7) is 5.17. The predicted octanol–water partition coefficient (Wildman–Crippen LogP) is 2.54. The Kier molecular flexibility index (Phi) is 3.85. The number of benzene rings is 1. The lowest BCUT2D eigenvalue weighted by Gasteiger charge is -2.31. The smallest absolute Gasteiger partial charge is 0.232 e. The van der Waals surface area contributed by atoms with Crippen LogP contribution < -0.4 is 10.6 Å². The van der Waals surface area contributed by atoms with E-state index in [9.17, 15) is 13.6 Å². The summed E-state index contributed by atoms with van der Waals surface area (Å²) in [6, 6.07) is 3.54. The molecule has 0 spiro atoms. The number of nitrogens with one attached hydrogen (secondary N) is 2. The number of hydrogen-bond acceptors (Lipinski definition) is 2. The van der Waals surface area contributed by atoms with Gasteiger partial charge in [-0.25, -0.2) is 8.78 Å². The van der Waals surface area contributed by atoms with E-state index in [-0.39, 0.29) is 17.5 Å². The van der Waals surface area contributed by atoms with Gasteiger partial charge in [-0.05, 0) is 31.0 Å². The van der Waals surface area contributed by atoms with Gasteiger partial charge in [0.2, 0.25) is 5.91 Å². The first-order valence-corrected chi connectivity index (χ1v) is 6.43. The molecular weight excluding hydrogens is 250 g/mol. The fraction of sp³-hybridized carbons (Fsp3) is 0.500. The third-order valence-corrected chi connectivity index (χ3v) is 3.95. The Morgan fingerprint density at radius 1 is 1.37 bits per heavy atom. The molecular formula is C14H18F2N2O. The third kappa shape index (κ3) is 2.47. The van der Waals surface area contributed by atoms with Crippen LogP contribution in [-0.4, -0.2) is 19.0 Å². The molecule has 2 rings (SSSR count). The average molecular weight is 268 g/mol. The number of halogens is 2. The maximum absolute atomic E-state index is 13.6. The molecule has 1 fully saturated rings. The van der Waals surface area contributed by atoms with Crippen LogP contribution in [0, 0.1) is 23.0 Å². The van der Waals surface area contributed by atoms with Crippen molar-refractivity contribution in [2.45, 2.75) is 20.3 Å². The molecule has 1 unspecified atom stereocenters. The Morgan fingerprint density at radius 2 is 2.00 bits per heavy atom. The molecule has 1 atom stereocenters. The molecule has 5 heteroatoms. The van der Waals surface area contributed by atoms with Crippen LogP contribution in [0.3, 0.4) is 0 Å². The summed E-state index contributed by atoms with van der Waals surface area (Å²) in [7, 11) is 0. The largest absolute Gasteiger partial charge is 0.321 e. The zero-order chi connectivity index (χ0) is 14.0. The second kappa shape index (κ2) is 5.25. The van der Waals surface area contributed by atoms with Gasteiger partial charge in [0.15, 0.2) is 0 Å². The Balaban J connectivity index is 2.25. The first-order chi connectivity index (χ1) is 8.97. The zero-order valence-electron chi connectivity index (χ0n) is 11.1. The van der Waals surface area contributed by atoms with Gasteiger partial charge in [0.05, 0.1) is 5.41 Å². The van der Waals surface area contributed by atoms with E-state index in [0.717, 1.165) is 18.7 Å². The van der Waals surface area contributed by atoms with Crippen molar-refractivity contribution in [3.05, 3.63) is 29.8 Å². The highest BCUT2D eigenvalue weighted by molar-refractivity contribution is 5.96. The van der Waals surface area contributed by atoms with Crippen LogP contribution in [-0.2, 0) is 4.79 Å². The molecule has 0 radical (unpaired) electrons. The van der Waals surface area contributed by atoms with Gasteiger partial charge in [0.1, 0.15) is 17.3 Å². The number of hydrogen-bond donors (Lipinski definition) is 2. The molecule has 1 aliphatic heterocycles. The minimum Gasteiger partial charge on any atom is -0.321 e. The van der Waals surface area contributed by atoms with E-state index in [2.05, 4.69) is 10.6 Å². The van der Waals surface area contributed by atoms with E-state index in [1.54, 1.807) is 0 Å². The summed E-state index contributed by atoms with van der Waals surface area (Å²) in [5, 5.41) is 5.56. The van der Waals surface area contributed by atoms with Crippen molar-refractivity contribution < 1.29 is 13.6 Å². The van der Waals surface area contributed by atoms with Crippen molar-refractivity contribution in [3.8, 4) is 0 Å². The number of carbonyl (C=O) groups excluding carboxylic acids is 1. The summed E-state index contributed by atoms with van der Waals surface area (Å²) in [4.78, 5) is 12.4. The first-order valence-electron chi connectivity index (χ1n) is 6.43. The average Bonchev–Trinajstić information content (AvgIpc) is 2.84. The first kappa shape index (κ1) is 13.9. The molecule has 2 N–H and O–H groups in total. The van der Waals surface area contributed by atoms with Crippen LogP contribution in [0.2, 0.25) is 0 Å². The minimum atomic E-state index is -0.752. The molecule has 0 saturated carbocycles. The van der Waals surface area contributed by atoms with Crippen LogP contribution in [0.5, 0.6) is 0 Å². The normalized spacial score (nSPS) is 22.8. The fourth-order valence-electron chi connectivity index (χ4n) is 2.52. The van der Waals surface area contributed by atoms with Crippen LogP contribution >= 0.6 is 0 Å². The molecule has 1 amide bonds. The number of rotatable bonds is 3. The van der Waals surface area contributed by atoms with Crippen molar-refractivity contribution in [1.29, 1.82) is 0 Å². The highest BCUT2D eigenvalue weighted by Gasteiger charge is 2.44. The van der Waals surface area contributed by atoms with Crippen molar-refractivity contribution in [2.24, 2.45) is 11.3 Å². The zero-order valence-corrected chi connectivity index (χ0v) is 11.1. The number of amides is 1. The van der Waals surface area contributed by atoms with E-state index in [1.165, 1.54) is 6.07 Å². The van der Waals surface area contributed by atoms with Gasteiger partial charge < -0.3 is 10.6 Å². The van der Waals surface area contributed by atoms with E-state index in [0.29, 0.717) is 13.0 Å². The molecule has 19 heavy (non-hydrogen) atoms. The molecule has 1 saturated heterocycles. The summed E-state index contributed by atoms with van der Waals surface area (Å²) in [5.74, 6) is -1.73. The third-order valence-electron chi connectivity index (χ3n) is 3.95. The second-order valence-corrected chi connectivity index (χ2v) is 5.29. The van der Waals surface area contributed by atoms with Gasteiger partial charge in [-0.3, -0.25) is 4.79 Å². The van der Waals surface area contributed by atoms with Gasteiger partial charge in [0, 0.05) is 6.54 Å². The molecule has 3 nitrogen and oxygen atoms in total. The highest BCUT2D eigenvalue weighted by Crippen LogP contribution is 2.36. The molecule has 0 aromatic heterocycles. The van der Waals surface area contributed by atoms with Crippen LogP contribution in [0.1, 0.15) is 20.3 Å². The maximum atomic E-state index is 13.6. The highest BCUT2D eigenvalue weighted by atomic mass is 19.1. The van der Waals surface area contributed by atoms with Gasteiger partial charge in [-0.1, -0.05) is 19.9 Å². The summed E-state index contributed by atoms with van der Waals surface area (Å²) in [5.41, 5.74) is -0.964. The predicted molar refractivity (Wildman–Crippen MR) is 69.7 cm³/mol. The van der Waals surface area contributed by atoms with Crippen LogP contribution in [0.4, 0.5) is 14.5 Å². The lowest BCUT2D eigenvalue weighted by molar-refractivity contribution is -0.126. The summed E-state index contributed by atoms with van der Waals surface area (Å²) in [6.07, 6.45) is 0.673. The molecule has 1 heterocycles. The molecule has 0 bridgehead atoms. The van der Waals surface area contributed by atoms with E-state index >= 15 is 0 Å². The minimum absolute atomic E-state index is 0.0948. The van der Waals surface area contributed by atoms with Crippen LogP contribution in [0.15, 0.2) is 18.2 Å². The Labute approximate surface area is 111 Å². The van der Waals surface area contributed by atoms with Crippen molar-refractivity contribution in [3.63, 3.8) is 0 Å². The molecule has 1 aliphatic rings. The Bertz CT molecular complexity index is 462. The Hall–Kier alpha value is -1.49. The number of carbonyl (C=O) groups is 1.